The number of unbranched alkanes of at least 4 members (excludes halogenated alkanes) is 1. The number of hydrogen-bond donors (Lipinski definition) is 2. The minimum absolute atomic E-state index is 0.00725. The summed E-state index contributed by atoms with van der Waals surface area (Å²) in [5.41, 5.74) is -1.91. The molecule has 32 heavy (non-hydrogen) atoms. The van der Waals surface area contributed by atoms with Gasteiger partial charge in [-0.15, -0.1) is 0 Å². The Morgan fingerprint density at radius 1 is 1.25 bits per heavy atom. The quantitative estimate of drug-likeness (QED) is 0.331. The molecule has 11 heteroatoms. The molecule has 0 saturated carbocycles. The summed E-state index contributed by atoms with van der Waals surface area (Å²) in [6.07, 6.45) is -1.46. The Bertz CT molecular complexity index is 832. The van der Waals surface area contributed by atoms with E-state index in [1.54, 1.807) is 4.90 Å². The third kappa shape index (κ3) is 6.83. The fraction of sp³-hybridized carbons (Fsp3) is 0.619. The molecule has 0 aliphatic carbocycles. The van der Waals surface area contributed by atoms with E-state index in [-0.39, 0.29) is 42.4 Å². The lowest BCUT2D eigenvalue weighted by atomic mass is 9.92. The molecule has 2 amide bonds. The van der Waals surface area contributed by atoms with E-state index in [9.17, 15) is 32.9 Å². The van der Waals surface area contributed by atoms with E-state index in [1.807, 2.05) is 13.8 Å². The minimum atomic E-state index is -4.69. The zero-order chi connectivity index (χ0) is 23.9. The molecule has 2 rings (SSSR count). The lowest BCUT2D eigenvalue weighted by Crippen LogP contribution is -2.49. The first-order chi connectivity index (χ1) is 15.0. The van der Waals surface area contributed by atoms with Crippen LogP contribution in [0.1, 0.15) is 51.5 Å². The van der Waals surface area contributed by atoms with E-state index in [0.29, 0.717) is 32.0 Å². The molecule has 1 aliphatic heterocycles. The first kappa shape index (κ1) is 25.4. The van der Waals surface area contributed by atoms with Crippen molar-refractivity contribution in [2.45, 2.75) is 58.2 Å². The number of piperidine rings is 1. The molecule has 1 aromatic carbocycles. The van der Waals surface area contributed by atoms with Crippen molar-refractivity contribution < 1.29 is 27.7 Å². The van der Waals surface area contributed by atoms with Gasteiger partial charge in [-0.05, 0) is 38.3 Å². The lowest BCUT2D eigenvalue weighted by Gasteiger charge is -2.37. The summed E-state index contributed by atoms with van der Waals surface area (Å²) in [4.78, 5) is 37.0. The second-order valence-corrected chi connectivity index (χ2v) is 7.98. The van der Waals surface area contributed by atoms with Crippen molar-refractivity contribution in [3.05, 3.63) is 33.9 Å². The molecular weight excluding hydrogens is 429 g/mol. The number of alkyl halides is 3. The maximum atomic E-state index is 12.8. The van der Waals surface area contributed by atoms with Crippen LogP contribution in [0.4, 0.5) is 24.5 Å². The van der Waals surface area contributed by atoms with E-state index in [2.05, 4.69) is 10.6 Å². The summed E-state index contributed by atoms with van der Waals surface area (Å²) < 4.78 is 38.5. The fourth-order valence-electron chi connectivity index (χ4n) is 3.66. The van der Waals surface area contributed by atoms with Crippen LogP contribution in [0.2, 0.25) is 0 Å². The molecule has 0 radical (unpaired) electrons. The molecule has 2 unspecified atom stereocenters. The molecule has 1 saturated heterocycles. The maximum absolute atomic E-state index is 12.8. The van der Waals surface area contributed by atoms with Crippen molar-refractivity contribution >= 4 is 23.2 Å². The minimum Gasteiger partial charge on any atom is -0.379 e. The molecular formula is C21H29F3N4O4. The molecule has 0 aromatic heterocycles. The smallest absolute Gasteiger partial charge is 0.379 e. The van der Waals surface area contributed by atoms with Gasteiger partial charge >= 0.3 is 6.18 Å². The Balaban J connectivity index is 1.95. The second-order valence-electron chi connectivity index (χ2n) is 7.98. The Morgan fingerprint density at radius 3 is 2.59 bits per heavy atom. The number of hydrogen-bond acceptors (Lipinski definition) is 5. The monoisotopic (exact) mass is 458 g/mol. The van der Waals surface area contributed by atoms with E-state index >= 15 is 0 Å². The van der Waals surface area contributed by atoms with Gasteiger partial charge in [0.15, 0.2) is 0 Å². The van der Waals surface area contributed by atoms with E-state index < -0.39 is 22.4 Å². The molecule has 178 valence electrons. The number of carbonyl (C=O) groups is 2. The highest BCUT2D eigenvalue weighted by molar-refractivity contribution is 5.81. The number of carbonyl (C=O) groups excluding carboxylic acids is 2. The van der Waals surface area contributed by atoms with Crippen LogP contribution in [0.25, 0.3) is 0 Å². The lowest BCUT2D eigenvalue weighted by molar-refractivity contribution is -0.384. The third-order valence-electron chi connectivity index (χ3n) is 5.58. The summed E-state index contributed by atoms with van der Waals surface area (Å²) in [6, 6.07) is 2.18. The molecule has 1 fully saturated rings. The Kier molecular flexibility index (Phi) is 8.85. The average molecular weight is 458 g/mol. The predicted molar refractivity (Wildman–Crippen MR) is 113 cm³/mol. The van der Waals surface area contributed by atoms with Gasteiger partial charge in [0.25, 0.3) is 5.69 Å². The van der Waals surface area contributed by atoms with Gasteiger partial charge in [0.05, 0.1) is 16.4 Å². The molecule has 0 spiro atoms. The number of nitro benzene ring substituents is 1. The highest BCUT2D eigenvalue weighted by Gasteiger charge is 2.34. The topological polar surface area (TPSA) is 105 Å². The average Bonchev–Trinajstić information content (AvgIpc) is 2.73. The number of benzene rings is 1. The van der Waals surface area contributed by atoms with Crippen LogP contribution < -0.4 is 10.6 Å². The number of likely N-dealkylation sites (tertiary alicyclic amines) is 1. The molecule has 1 aliphatic rings. The SMILES string of the molecule is CCCCNC(=O)C1CCC(C)N(C(=O)CCNc2ccc(C(F)(F)F)cc2[N+](=O)[O-])C1. The largest absolute Gasteiger partial charge is 0.416 e. The summed E-state index contributed by atoms with van der Waals surface area (Å²) in [5, 5.41) is 16.7. The molecule has 2 atom stereocenters. The highest BCUT2D eigenvalue weighted by atomic mass is 19.4. The first-order valence-corrected chi connectivity index (χ1v) is 10.7. The normalized spacial score (nSPS) is 18.8. The van der Waals surface area contributed by atoms with Crippen LogP contribution in [0.15, 0.2) is 18.2 Å². The van der Waals surface area contributed by atoms with Gasteiger partial charge in [-0.2, -0.15) is 13.2 Å². The van der Waals surface area contributed by atoms with Crippen LogP contribution >= 0.6 is 0 Å². The molecule has 1 aromatic rings. The van der Waals surface area contributed by atoms with Gasteiger partial charge in [-0.1, -0.05) is 13.3 Å². The Hall–Kier alpha value is -2.85. The zero-order valence-corrected chi connectivity index (χ0v) is 18.2. The van der Waals surface area contributed by atoms with Crippen molar-refractivity contribution in [2.24, 2.45) is 5.92 Å². The van der Waals surface area contributed by atoms with Gasteiger partial charge in [0.1, 0.15) is 5.69 Å². The Morgan fingerprint density at radius 2 is 1.97 bits per heavy atom. The molecule has 2 N–H and O–H groups in total. The van der Waals surface area contributed by atoms with Gasteiger partial charge in [0, 0.05) is 38.2 Å². The summed E-state index contributed by atoms with van der Waals surface area (Å²) in [6.45, 7) is 4.85. The number of halogens is 3. The van der Waals surface area contributed by atoms with Crippen LogP contribution in [-0.2, 0) is 15.8 Å². The fourth-order valence-corrected chi connectivity index (χ4v) is 3.66. The van der Waals surface area contributed by atoms with Gasteiger partial charge in [-0.25, -0.2) is 0 Å². The molecule has 1 heterocycles. The van der Waals surface area contributed by atoms with E-state index in [0.717, 1.165) is 25.0 Å². The van der Waals surface area contributed by atoms with Crippen LogP contribution in [0, 0.1) is 16.0 Å². The van der Waals surface area contributed by atoms with Gasteiger partial charge < -0.3 is 15.5 Å². The number of nitro groups is 1. The molecule has 8 nitrogen and oxygen atoms in total. The number of amides is 2. The number of nitrogens with one attached hydrogen (secondary N) is 2. The Labute approximate surface area is 184 Å². The zero-order valence-electron chi connectivity index (χ0n) is 18.2. The summed E-state index contributed by atoms with van der Waals surface area (Å²) >= 11 is 0. The predicted octanol–water partition coefficient (Wildman–Crippen LogP) is 3.96. The van der Waals surface area contributed by atoms with Crippen LogP contribution in [0.5, 0.6) is 0 Å². The van der Waals surface area contributed by atoms with Gasteiger partial charge in [0.2, 0.25) is 11.8 Å². The number of rotatable bonds is 9. The number of nitrogens with zero attached hydrogens (tertiary/aromatic N) is 2. The van der Waals surface area contributed by atoms with Crippen molar-refractivity contribution in [3.63, 3.8) is 0 Å². The van der Waals surface area contributed by atoms with Crippen molar-refractivity contribution in [3.8, 4) is 0 Å². The van der Waals surface area contributed by atoms with Crippen molar-refractivity contribution in [1.82, 2.24) is 10.2 Å². The van der Waals surface area contributed by atoms with Crippen molar-refractivity contribution in [1.29, 1.82) is 0 Å². The van der Waals surface area contributed by atoms with Crippen molar-refractivity contribution in [2.75, 3.05) is 25.0 Å². The summed E-state index contributed by atoms with van der Waals surface area (Å²) in [5.74, 6) is -0.566. The molecule has 0 bridgehead atoms. The third-order valence-corrected chi connectivity index (χ3v) is 5.58. The second kappa shape index (κ2) is 11.1. The maximum Gasteiger partial charge on any atom is 0.416 e. The van der Waals surface area contributed by atoms with E-state index in [1.165, 1.54) is 0 Å². The van der Waals surface area contributed by atoms with E-state index in [4.69, 9.17) is 0 Å². The highest BCUT2D eigenvalue weighted by Crippen LogP contribution is 2.35. The number of anilines is 1. The standard InChI is InChI=1S/C21H29F3N4O4/c1-3-4-10-26-20(30)15-6-5-14(2)27(13-15)19(29)9-11-25-17-8-7-16(21(22,23)24)12-18(17)28(31)32/h7-8,12,14-15,25H,3-6,9-11,13H2,1-2H3,(H,26,30). The summed E-state index contributed by atoms with van der Waals surface area (Å²) in [7, 11) is 0. The van der Waals surface area contributed by atoms with Crippen LogP contribution in [-0.4, -0.2) is 47.3 Å². The first-order valence-electron chi connectivity index (χ1n) is 10.7. The van der Waals surface area contributed by atoms with Crippen LogP contribution in [0.3, 0.4) is 0 Å². The van der Waals surface area contributed by atoms with Gasteiger partial charge in [-0.3, -0.25) is 19.7 Å².